The number of sulfonamides is 1. The molecule has 2 fully saturated rings. The van der Waals surface area contributed by atoms with E-state index in [1.807, 2.05) is 6.92 Å². The van der Waals surface area contributed by atoms with Crippen molar-refractivity contribution in [1.82, 2.24) is 14.5 Å². The number of rotatable bonds is 8. The van der Waals surface area contributed by atoms with Crippen LogP contribution in [0, 0.1) is 5.92 Å². The van der Waals surface area contributed by atoms with E-state index in [0.29, 0.717) is 38.4 Å². The van der Waals surface area contributed by atoms with Gasteiger partial charge in [0.15, 0.2) is 0 Å². The molecule has 0 radical (unpaired) electrons. The number of unbranched alkanes of at least 4 members (excludes halogenated alkanes) is 1. The minimum Gasteiger partial charge on any atom is -0.339 e. The lowest BCUT2D eigenvalue weighted by molar-refractivity contribution is -0.139. The van der Waals surface area contributed by atoms with Crippen molar-refractivity contribution in [3.05, 3.63) is 0 Å². The Balaban J connectivity index is 0.00000338. The molecule has 2 aliphatic heterocycles. The number of piperidine rings is 2. The molecule has 0 unspecified atom stereocenters. The van der Waals surface area contributed by atoms with Gasteiger partial charge in [0.25, 0.3) is 0 Å². The molecule has 0 spiro atoms. The first kappa shape index (κ1) is 23.7. The van der Waals surface area contributed by atoms with Crippen molar-refractivity contribution in [2.24, 2.45) is 5.92 Å². The summed E-state index contributed by atoms with van der Waals surface area (Å²) in [5, 5.41) is 3.36. The summed E-state index contributed by atoms with van der Waals surface area (Å²) in [5.41, 5.74) is 0. The second-order valence-corrected chi connectivity index (χ2v) is 9.44. The lowest BCUT2D eigenvalue weighted by Gasteiger charge is -2.39. The summed E-state index contributed by atoms with van der Waals surface area (Å²) in [5.74, 6) is 0.470. The Morgan fingerprint density at radius 1 is 1.08 bits per heavy atom. The van der Waals surface area contributed by atoms with Gasteiger partial charge >= 0.3 is 0 Å². The van der Waals surface area contributed by atoms with Crippen LogP contribution in [0.4, 0.5) is 0 Å². The summed E-state index contributed by atoms with van der Waals surface area (Å²) in [6, 6.07) is 0.347. The monoisotopic (exact) mass is 409 g/mol. The van der Waals surface area contributed by atoms with E-state index in [2.05, 4.69) is 17.1 Å². The van der Waals surface area contributed by atoms with Crippen LogP contribution in [0.15, 0.2) is 0 Å². The van der Waals surface area contributed by atoms with E-state index in [1.54, 1.807) is 4.31 Å². The van der Waals surface area contributed by atoms with Crippen LogP contribution in [0.3, 0.4) is 0 Å². The fourth-order valence-electron chi connectivity index (χ4n) is 3.90. The van der Waals surface area contributed by atoms with E-state index >= 15 is 0 Å². The maximum atomic E-state index is 13.1. The molecule has 0 saturated carbocycles. The van der Waals surface area contributed by atoms with Crippen molar-refractivity contribution in [1.29, 1.82) is 0 Å². The van der Waals surface area contributed by atoms with Crippen LogP contribution < -0.4 is 5.32 Å². The van der Waals surface area contributed by atoms with E-state index in [1.165, 1.54) is 0 Å². The zero-order valence-corrected chi connectivity index (χ0v) is 17.9. The number of carbonyl (C=O) groups is 1. The zero-order valence-electron chi connectivity index (χ0n) is 16.3. The van der Waals surface area contributed by atoms with Gasteiger partial charge in [-0.05, 0) is 51.6 Å². The van der Waals surface area contributed by atoms with Crippen LogP contribution in [0.2, 0.25) is 0 Å². The largest absolute Gasteiger partial charge is 0.339 e. The Morgan fingerprint density at radius 3 is 2.23 bits per heavy atom. The third kappa shape index (κ3) is 6.36. The minimum absolute atomic E-state index is 0. The molecule has 2 aliphatic rings. The highest BCUT2D eigenvalue weighted by molar-refractivity contribution is 7.89. The molecular formula is C18H36ClN3O3S. The number of halogens is 1. The Hall–Kier alpha value is -0.370. The number of hydrogen-bond donors (Lipinski definition) is 1. The molecule has 1 amide bonds. The van der Waals surface area contributed by atoms with Gasteiger partial charge in [-0.2, -0.15) is 0 Å². The molecule has 1 N–H and O–H groups in total. The van der Waals surface area contributed by atoms with Gasteiger partial charge in [0.2, 0.25) is 15.9 Å². The Kier molecular flexibility index (Phi) is 10.4. The van der Waals surface area contributed by atoms with Crippen molar-refractivity contribution in [2.75, 3.05) is 38.5 Å². The van der Waals surface area contributed by atoms with Crippen molar-refractivity contribution >= 4 is 28.3 Å². The number of hydrogen-bond acceptors (Lipinski definition) is 4. The summed E-state index contributed by atoms with van der Waals surface area (Å²) in [4.78, 5) is 15.1. The molecule has 0 aromatic carbocycles. The van der Waals surface area contributed by atoms with E-state index in [9.17, 15) is 13.2 Å². The van der Waals surface area contributed by atoms with Crippen LogP contribution >= 0.6 is 12.4 Å². The first-order valence-corrected chi connectivity index (χ1v) is 11.6. The summed E-state index contributed by atoms with van der Waals surface area (Å²) in [6.07, 6.45) is 5.94. The number of nitrogens with zero attached hydrogens (tertiary/aromatic N) is 2. The summed E-state index contributed by atoms with van der Waals surface area (Å²) < 4.78 is 26.3. The molecule has 154 valence electrons. The molecule has 0 aromatic heterocycles. The Morgan fingerprint density at radius 2 is 1.69 bits per heavy atom. The SMILES string of the molecule is CCCCS(=O)(=O)N1CCC(C(=O)N(CCC)C2CCNCC2)CC1.Cl. The van der Waals surface area contributed by atoms with E-state index < -0.39 is 10.0 Å². The summed E-state index contributed by atoms with van der Waals surface area (Å²) >= 11 is 0. The molecule has 0 aromatic rings. The molecule has 0 atom stereocenters. The smallest absolute Gasteiger partial charge is 0.226 e. The van der Waals surface area contributed by atoms with Crippen molar-refractivity contribution in [2.45, 2.75) is 64.8 Å². The topological polar surface area (TPSA) is 69.7 Å². The fraction of sp³-hybridized carbons (Fsp3) is 0.944. The minimum atomic E-state index is -3.15. The lowest BCUT2D eigenvalue weighted by atomic mass is 9.94. The standard InChI is InChI=1S/C18H35N3O3S.ClH/c1-3-5-15-25(23,24)20-13-8-16(9-14-20)18(22)21(12-4-2)17-6-10-19-11-7-17;/h16-17,19H,3-15H2,1-2H3;1H. The number of amides is 1. The van der Waals surface area contributed by atoms with Crippen molar-refractivity contribution < 1.29 is 13.2 Å². The summed E-state index contributed by atoms with van der Waals surface area (Å²) in [6.45, 7) is 7.88. The molecule has 2 saturated heterocycles. The maximum absolute atomic E-state index is 13.1. The fourth-order valence-corrected chi connectivity index (χ4v) is 5.58. The average Bonchev–Trinajstić information content (AvgIpc) is 2.65. The van der Waals surface area contributed by atoms with Crippen LogP contribution in [0.25, 0.3) is 0 Å². The van der Waals surface area contributed by atoms with Crippen LogP contribution in [-0.2, 0) is 14.8 Å². The third-order valence-electron chi connectivity index (χ3n) is 5.45. The van der Waals surface area contributed by atoms with Crippen LogP contribution in [0.1, 0.15) is 58.8 Å². The van der Waals surface area contributed by atoms with Gasteiger partial charge in [-0.1, -0.05) is 20.3 Å². The van der Waals surface area contributed by atoms with Gasteiger partial charge in [0, 0.05) is 31.6 Å². The van der Waals surface area contributed by atoms with Gasteiger partial charge in [0.05, 0.1) is 5.75 Å². The summed E-state index contributed by atoms with van der Waals surface area (Å²) in [7, 11) is -3.15. The molecule has 6 nitrogen and oxygen atoms in total. The van der Waals surface area contributed by atoms with Gasteiger partial charge in [-0.25, -0.2) is 12.7 Å². The molecular weight excluding hydrogens is 374 g/mol. The van der Waals surface area contributed by atoms with Gasteiger partial charge in [0.1, 0.15) is 0 Å². The van der Waals surface area contributed by atoms with Gasteiger partial charge in [-0.3, -0.25) is 4.79 Å². The van der Waals surface area contributed by atoms with Gasteiger partial charge < -0.3 is 10.2 Å². The van der Waals surface area contributed by atoms with Gasteiger partial charge in [-0.15, -0.1) is 12.4 Å². The highest BCUT2D eigenvalue weighted by atomic mass is 35.5. The predicted molar refractivity (Wildman–Crippen MR) is 108 cm³/mol. The Bertz CT molecular complexity index is 516. The number of carbonyl (C=O) groups excluding carboxylic acids is 1. The highest BCUT2D eigenvalue weighted by Gasteiger charge is 2.34. The lowest BCUT2D eigenvalue weighted by Crippen LogP contribution is -2.50. The molecule has 2 heterocycles. The number of nitrogens with one attached hydrogen (secondary N) is 1. The van der Waals surface area contributed by atoms with Crippen molar-refractivity contribution in [3.8, 4) is 0 Å². The van der Waals surface area contributed by atoms with Crippen LogP contribution in [0.5, 0.6) is 0 Å². The first-order valence-electron chi connectivity index (χ1n) is 9.98. The second-order valence-electron chi connectivity index (χ2n) is 7.36. The highest BCUT2D eigenvalue weighted by Crippen LogP contribution is 2.25. The van der Waals surface area contributed by atoms with Crippen molar-refractivity contribution in [3.63, 3.8) is 0 Å². The normalized spacial score (nSPS) is 20.5. The quantitative estimate of drug-likeness (QED) is 0.667. The molecule has 0 aliphatic carbocycles. The predicted octanol–water partition coefficient (Wildman–Crippen LogP) is 2.24. The van der Waals surface area contributed by atoms with Crippen LogP contribution in [-0.4, -0.2) is 68.0 Å². The molecule has 8 heteroatoms. The third-order valence-corrected chi connectivity index (χ3v) is 7.41. The van der Waals surface area contributed by atoms with E-state index in [4.69, 9.17) is 0 Å². The maximum Gasteiger partial charge on any atom is 0.226 e. The van der Waals surface area contributed by atoms with E-state index in [0.717, 1.165) is 45.3 Å². The molecule has 26 heavy (non-hydrogen) atoms. The molecule has 2 rings (SSSR count). The first-order chi connectivity index (χ1) is 12.0. The second kappa shape index (κ2) is 11.5. The Labute approximate surface area is 165 Å². The zero-order chi connectivity index (χ0) is 18.3. The molecule has 0 bridgehead atoms. The average molecular weight is 410 g/mol. The van der Waals surface area contributed by atoms with E-state index in [-0.39, 0.29) is 30.0 Å².